The topological polar surface area (TPSA) is 38.7 Å². The number of benzene rings is 7. The molecule has 3 nitrogen and oxygen atoms in total. The van der Waals surface area contributed by atoms with Crippen molar-refractivity contribution >= 4 is 0 Å². The van der Waals surface area contributed by atoms with Crippen LogP contribution in [-0.2, 0) is 5.41 Å². The average Bonchev–Trinajstić information content (AvgIpc) is 3.44. The molecule has 0 bridgehead atoms. The predicted octanol–water partition coefficient (Wildman–Crippen LogP) is 12.2. The van der Waals surface area contributed by atoms with E-state index in [-0.39, 0.29) is 5.41 Å². The minimum absolute atomic E-state index is 0.0731. The third-order valence-electron chi connectivity index (χ3n) is 10.1. The summed E-state index contributed by atoms with van der Waals surface area (Å²) in [5.41, 5.74) is 14.8. The maximum absolute atomic E-state index is 5.24. The van der Waals surface area contributed by atoms with Crippen LogP contribution in [0.4, 0.5) is 0 Å². The molecular formula is C48H35N3. The fourth-order valence-corrected chi connectivity index (χ4v) is 7.58. The van der Waals surface area contributed by atoms with Crippen LogP contribution in [0.5, 0.6) is 0 Å². The Morgan fingerprint density at radius 1 is 0.314 bits per heavy atom. The molecule has 1 heterocycles. The van der Waals surface area contributed by atoms with Crippen molar-refractivity contribution in [3.63, 3.8) is 0 Å². The Hall–Kier alpha value is -6.45. The Morgan fingerprint density at radius 3 is 1.37 bits per heavy atom. The first-order valence-corrected chi connectivity index (χ1v) is 17.5. The number of aromatic nitrogens is 3. The number of hydrogen-bond acceptors (Lipinski definition) is 3. The molecule has 1 aliphatic carbocycles. The summed E-state index contributed by atoms with van der Waals surface area (Å²) in [5.74, 6) is 1.91. The van der Waals surface area contributed by atoms with E-state index in [1.807, 2.05) is 36.4 Å². The molecule has 7 aromatic carbocycles. The third-order valence-corrected chi connectivity index (χ3v) is 10.1. The van der Waals surface area contributed by atoms with E-state index < -0.39 is 0 Å². The van der Waals surface area contributed by atoms with E-state index >= 15 is 0 Å². The molecule has 0 radical (unpaired) electrons. The number of nitrogens with zero attached hydrogens (tertiary/aromatic N) is 3. The van der Waals surface area contributed by atoms with E-state index in [1.54, 1.807) is 0 Å². The van der Waals surface area contributed by atoms with Gasteiger partial charge in [0, 0.05) is 27.7 Å². The lowest BCUT2D eigenvalue weighted by Crippen LogP contribution is -2.14. The monoisotopic (exact) mass is 653 g/mol. The van der Waals surface area contributed by atoms with Crippen LogP contribution in [0, 0.1) is 0 Å². The maximum atomic E-state index is 5.24. The van der Waals surface area contributed by atoms with Crippen molar-refractivity contribution in [2.75, 3.05) is 0 Å². The molecular weight excluding hydrogens is 619 g/mol. The molecule has 0 aliphatic heterocycles. The van der Waals surface area contributed by atoms with E-state index in [0.717, 1.165) is 50.1 Å². The van der Waals surface area contributed by atoms with Crippen LogP contribution < -0.4 is 0 Å². The average molecular weight is 654 g/mol. The molecule has 0 fully saturated rings. The van der Waals surface area contributed by atoms with E-state index in [9.17, 15) is 0 Å². The predicted molar refractivity (Wildman–Crippen MR) is 210 cm³/mol. The fourth-order valence-electron chi connectivity index (χ4n) is 7.58. The summed E-state index contributed by atoms with van der Waals surface area (Å²) in [6.07, 6.45) is 0. The first-order chi connectivity index (χ1) is 25.0. The molecule has 51 heavy (non-hydrogen) atoms. The molecule has 8 aromatic rings. The van der Waals surface area contributed by atoms with Gasteiger partial charge in [0.1, 0.15) is 0 Å². The highest BCUT2D eigenvalue weighted by molar-refractivity contribution is 5.98. The summed E-state index contributed by atoms with van der Waals surface area (Å²) in [5, 5.41) is 0. The molecule has 0 unspecified atom stereocenters. The smallest absolute Gasteiger partial charge is 0.164 e. The Bertz CT molecular complexity index is 2470. The van der Waals surface area contributed by atoms with Crippen LogP contribution in [0.1, 0.15) is 25.0 Å². The highest BCUT2D eigenvalue weighted by Crippen LogP contribution is 2.51. The molecule has 0 amide bonds. The van der Waals surface area contributed by atoms with Crippen molar-refractivity contribution in [1.82, 2.24) is 15.0 Å². The summed E-state index contributed by atoms with van der Waals surface area (Å²) in [6.45, 7) is 4.66. The van der Waals surface area contributed by atoms with Crippen molar-refractivity contribution in [2.24, 2.45) is 0 Å². The summed E-state index contributed by atoms with van der Waals surface area (Å²) >= 11 is 0. The van der Waals surface area contributed by atoms with Crippen LogP contribution in [0.25, 0.3) is 78.7 Å². The number of fused-ring (bicyclic) bond motifs is 3. The molecule has 1 aromatic heterocycles. The summed E-state index contributed by atoms with van der Waals surface area (Å²) in [6, 6.07) is 62.1. The minimum atomic E-state index is -0.0731. The normalized spacial score (nSPS) is 12.7. The van der Waals surface area contributed by atoms with E-state index in [4.69, 9.17) is 15.0 Å². The van der Waals surface area contributed by atoms with Crippen LogP contribution in [0.2, 0.25) is 0 Å². The molecule has 0 N–H and O–H groups in total. The Balaban J connectivity index is 1.37. The van der Waals surface area contributed by atoms with Gasteiger partial charge < -0.3 is 0 Å². The molecule has 0 saturated carbocycles. The Kier molecular flexibility index (Phi) is 7.48. The quantitative estimate of drug-likeness (QED) is 0.179. The van der Waals surface area contributed by atoms with Crippen molar-refractivity contribution in [3.8, 4) is 78.7 Å². The molecule has 0 saturated heterocycles. The Morgan fingerprint density at radius 2 is 0.765 bits per heavy atom. The van der Waals surface area contributed by atoms with Gasteiger partial charge in [-0.05, 0) is 68.3 Å². The second-order valence-corrected chi connectivity index (χ2v) is 13.6. The van der Waals surface area contributed by atoms with E-state index in [2.05, 4.69) is 153 Å². The van der Waals surface area contributed by atoms with Gasteiger partial charge in [0.25, 0.3) is 0 Å². The molecule has 0 spiro atoms. The van der Waals surface area contributed by atoms with Gasteiger partial charge in [-0.15, -0.1) is 0 Å². The van der Waals surface area contributed by atoms with Gasteiger partial charge in [-0.2, -0.15) is 0 Å². The highest BCUT2D eigenvalue weighted by Gasteiger charge is 2.35. The van der Waals surface area contributed by atoms with Crippen molar-refractivity contribution in [1.29, 1.82) is 0 Å². The largest absolute Gasteiger partial charge is 0.208 e. The van der Waals surface area contributed by atoms with Crippen LogP contribution in [-0.4, -0.2) is 15.0 Å². The molecule has 0 atom stereocenters. The lowest BCUT2D eigenvalue weighted by atomic mass is 9.81. The molecule has 1 aliphatic rings. The van der Waals surface area contributed by atoms with Gasteiger partial charge in [0.2, 0.25) is 0 Å². The molecule has 3 heteroatoms. The zero-order valence-electron chi connectivity index (χ0n) is 28.6. The first-order valence-electron chi connectivity index (χ1n) is 17.5. The first kappa shape index (κ1) is 30.6. The van der Waals surface area contributed by atoms with Crippen molar-refractivity contribution < 1.29 is 0 Å². The number of hydrogen-bond donors (Lipinski definition) is 0. The standard InChI is InChI=1S/C48H35N3/c1-48(2)42-26-16-15-25-38(42)40-29-36(27-28-43(40)48)39-30-37(32-17-7-3-8-18-32)31-41(44(39)33-19-9-4-10-20-33)47-50-45(34-21-11-5-12-22-34)49-46(51-47)35-23-13-6-14-24-35/h3-31H,1-2H3. The van der Waals surface area contributed by atoms with Crippen LogP contribution in [0.15, 0.2) is 176 Å². The summed E-state index contributed by atoms with van der Waals surface area (Å²) in [4.78, 5) is 15.5. The molecule has 9 rings (SSSR count). The Labute approximate surface area is 299 Å². The lowest BCUT2D eigenvalue weighted by molar-refractivity contribution is 0.660. The van der Waals surface area contributed by atoms with Gasteiger partial charge in [0.05, 0.1) is 0 Å². The lowest BCUT2D eigenvalue weighted by Gasteiger charge is -2.22. The zero-order valence-corrected chi connectivity index (χ0v) is 28.6. The van der Waals surface area contributed by atoms with Crippen molar-refractivity contribution in [2.45, 2.75) is 19.3 Å². The summed E-state index contributed by atoms with van der Waals surface area (Å²) in [7, 11) is 0. The fraction of sp³-hybridized carbons (Fsp3) is 0.0625. The van der Waals surface area contributed by atoms with E-state index in [0.29, 0.717) is 17.5 Å². The van der Waals surface area contributed by atoms with E-state index in [1.165, 1.54) is 22.3 Å². The second kappa shape index (κ2) is 12.5. The minimum Gasteiger partial charge on any atom is -0.208 e. The maximum Gasteiger partial charge on any atom is 0.164 e. The van der Waals surface area contributed by atoms with Gasteiger partial charge in [0.15, 0.2) is 17.5 Å². The highest BCUT2D eigenvalue weighted by atomic mass is 15.0. The van der Waals surface area contributed by atoms with Gasteiger partial charge in [-0.25, -0.2) is 15.0 Å². The van der Waals surface area contributed by atoms with Crippen molar-refractivity contribution in [3.05, 3.63) is 187 Å². The third kappa shape index (κ3) is 5.44. The molecule has 242 valence electrons. The van der Waals surface area contributed by atoms with Gasteiger partial charge >= 0.3 is 0 Å². The summed E-state index contributed by atoms with van der Waals surface area (Å²) < 4.78 is 0. The second-order valence-electron chi connectivity index (χ2n) is 13.6. The van der Waals surface area contributed by atoms with Gasteiger partial charge in [-0.1, -0.05) is 172 Å². The van der Waals surface area contributed by atoms with Crippen LogP contribution >= 0.6 is 0 Å². The SMILES string of the molecule is CC1(C)c2ccccc2-c2cc(-c3cc(-c4ccccc4)cc(-c4nc(-c5ccccc5)nc(-c5ccccc5)n4)c3-c3ccccc3)ccc21. The van der Waals surface area contributed by atoms with Gasteiger partial charge in [-0.3, -0.25) is 0 Å². The zero-order chi connectivity index (χ0) is 34.4. The van der Waals surface area contributed by atoms with Crippen LogP contribution in [0.3, 0.4) is 0 Å². The number of rotatable bonds is 6.